The molecule has 1 aliphatic heterocycles. The molecule has 1 atom stereocenters. The molecule has 0 spiro atoms. The Bertz CT molecular complexity index is 353. The molecule has 0 amide bonds. The van der Waals surface area contributed by atoms with Gasteiger partial charge in [0, 0.05) is 30.9 Å². The Balaban J connectivity index is 1.85. The molecule has 1 fully saturated rings. The van der Waals surface area contributed by atoms with Gasteiger partial charge in [0.05, 0.1) is 11.2 Å². The number of thioether (sulfide) groups is 1. The van der Waals surface area contributed by atoms with Gasteiger partial charge in [-0.1, -0.05) is 32.3 Å². The van der Waals surface area contributed by atoms with Crippen LogP contribution in [0.15, 0.2) is 24.8 Å². The molecule has 100 valence electrons. The molecule has 3 nitrogen and oxygen atoms in total. The number of hydrogen-bond acceptors (Lipinski definition) is 3. The SMILES string of the molecule is CCCCCC1(CC=Cn2ccnc2)NCCS1. The van der Waals surface area contributed by atoms with Crippen molar-refractivity contribution in [2.45, 2.75) is 43.9 Å². The maximum Gasteiger partial charge on any atom is 0.0986 e. The van der Waals surface area contributed by atoms with Gasteiger partial charge in [-0.25, -0.2) is 4.98 Å². The van der Waals surface area contributed by atoms with Gasteiger partial charge < -0.3 is 9.88 Å². The lowest BCUT2D eigenvalue weighted by molar-refractivity contribution is 0.449. The van der Waals surface area contributed by atoms with Gasteiger partial charge in [-0.15, -0.1) is 11.8 Å². The summed E-state index contributed by atoms with van der Waals surface area (Å²) in [5.74, 6) is 1.24. The first-order chi connectivity index (χ1) is 8.85. The van der Waals surface area contributed by atoms with Crippen LogP contribution in [0.1, 0.15) is 39.0 Å². The third kappa shape index (κ3) is 3.89. The number of nitrogens with zero attached hydrogens (tertiary/aromatic N) is 2. The molecule has 0 radical (unpaired) electrons. The highest BCUT2D eigenvalue weighted by Gasteiger charge is 2.32. The fourth-order valence-electron chi connectivity index (χ4n) is 2.35. The third-order valence-corrected chi connectivity index (χ3v) is 4.84. The van der Waals surface area contributed by atoms with Crippen LogP contribution in [0.5, 0.6) is 0 Å². The minimum atomic E-state index is 0.284. The third-order valence-electron chi connectivity index (χ3n) is 3.36. The van der Waals surface area contributed by atoms with E-state index >= 15 is 0 Å². The number of hydrogen-bond donors (Lipinski definition) is 1. The number of nitrogens with one attached hydrogen (secondary N) is 1. The molecule has 0 aliphatic carbocycles. The Morgan fingerprint density at radius 2 is 2.44 bits per heavy atom. The highest BCUT2D eigenvalue weighted by atomic mass is 32.2. The number of imidazole rings is 1. The van der Waals surface area contributed by atoms with Crippen LogP contribution in [0.2, 0.25) is 0 Å². The minimum Gasteiger partial charge on any atom is -0.313 e. The van der Waals surface area contributed by atoms with Gasteiger partial charge in [-0.2, -0.15) is 0 Å². The molecule has 1 N–H and O–H groups in total. The normalized spacial score (nSPS) is 24.1. The van der Waals surface area contributed by atoms with Crippen LogP contribution in [-0.2, 0) is 0 Å². The van der Waals surface area contributed by atoms with Crippen molar-refractivity contribution in [2.75, 3.05) is 12.3 Å². The summed E-state index contributed by atoms with van der Waals surface area (Å²) < 4.78 is 2.00. The zero-order chi connectivity index (χ0) is 12.7. The maximum absolute atomic E-state index is 4.04. The summed E-state index contributed by atoms with van der Waals surface area (Å²) >= 11 is 2.09. The molecule has 1 unspecified atom stereocenters. The van der Waals surface area contributed by atoms with E-state index in [0.29, 0.717) is 0 Å². The van der Waals surface area contributed by atoms with Gasteiger partial charge in [0.15, 0.2) is 0 Å². The van der Waals surface area contributed by atoms with Gasteiger partial charge in [0.2, 0.25) is 0 Å². The predicted molar refractivity (Wildman–Crippen MR) is 79.5 cm³/mol. The van der Waals surface area contributed by atoms with Crippen LogP contribution in [0.25, 0.3) is 6.20 Å². The molecule has 1 aromatic rings. The lowest BCUT2D eigenvalue weighted by atomic mass is 10.0. The summed E-state index contributed by atoms with van der Waals surface area (Å²) in [6, 6.07) is 0. The van der Waals surface area contributed by atoms with E-state index < -0.39 is 0 Å². The standard InChI is InChI=1S/C14H23N3S/c1-2-3-4-6-14(16-9-12-18-14)7-5-10-17-11-8-15-13-17/h5,8,10-11,13,16H,2-4,6-7,9,12H2,1H3. The Labute approximate surface area is 114 Å². The topological polar surface area (TPSA) is 29.9 Å². The molecule has 2 heterocycles. The Morgan fingerprint density at radius 1 is 1.50 bits per heavy atom. The van der Waals surface area contributed by atoms with Gasteiger partial charge in [0.25, 0.3) is 0 Å². The molecule has 2 rings (SSSR count). The molecule has 18 heavy (non-hydrogen) atoms. The van der Waals surface area contributed by atoms with E-state index in [1.165, 1.54) is 31.4 Å². The second kappa shape index (κ2) is 7.00. The van der Waals surface area contributed by atoms with Crippen molar-refractivity contribution in [3.05, 3.63) is 24.8 Å². The van der Waals surface area contributed by atoms with Crippen molar-refractivity contribution in [3.8, 4) is 0 Å². The van der Waals surface area contributed by atoms with E-state index in [1.54, 1.807) is 0 Å². The molecule has 1 saturated heterocycles. The lowest BCUT2D eigenvalue weighted by Gasteiger charge is -2.27. The predicted octanol–water partition coefficient (Wildman–Crippen LogP) is 3.36. The highest BCUT2D eigenvalue weighted by molar-refractivity contribution is 8.00. The first-order valence-electron chi connectivity index (χ1n) is 6.88. The fraction of sp³-hybridized carbons (Fsp3) is 0.643. The average molecular weight is 265 g/mol. The first kappa shape index (κ1) is 13.7. The van der Waals surface area contributed by atoms with Crippen LogP contribution < -0.4 is 5.32 Å². The summed E-state index contributed by atoms with van der Waals surface area (Å²) in [6.07, 6.45) is 16.3. The summed E-state index contributed by atoms with van der Waals surface area (Å²) in [7, 11) is 0. The van der Waals surface area contributed by atoms with Crippen molar-refractivity contribution >= 4 is 18.0 Å². The van der Waals surface area contributed by atoms with Gasteiger partial charge in [-0.05, 0) is 12.8 Å². The Kier molecular flexibility index (Phi) is 5.32. The van der Waals surface area contributed by atoms with Gasteiger partial charge in [0.1, 0.15) is 0 Å². The second-order valence-electron chi connectivity index (χ2n) is 4.83. The summed E-state index contributed by atoms with van der Waals surface area (Å²) in [5.41, 5.74) is 0. The van der Waals surface area contributed by atoms with Crippen molar-refractivity contribution < 1.29 is 0 Å². The summed E-state index contributed by atoms with van der Waals surface area (Å²) in [6.45, 7) is 3.41. The molecule has 4 heteroatoms. The average Bonchev–Trinajstić information content (AvgIpc) is 3.02. The van der Waals surface area contributed by atoms with E-state index in [0.717, 1.165) is 13.0 Å². The summed E-state index contributed by atoms with van der Waals surface area (Å²) in [4.78, 5) is 4.33. The molecular formula is C14H23N3S. The molecule has 0 aromatic carbocycles. The van der Waals surface area contributed by atoms with Crippen molar-refractivity contribution in [2.24, 2.45) is 0 Å². The van der Waals surface area contributed by atoms with E-state index in [-0.39, 0.29) is 4.87 Å². The van der Waals surface area contributed by atoms with Gasteiger partial charge >= 0.3 is 0 Å². The van der Waals surface area contributed by atoms with Crippen LogP contribution in [-0.4, -0.2) is 26.7 Å². The van der Waals surface area contributed by atoms with Crippen LogP contribution >= 0.6 is 11.8 Å². The number of rotatable bonds is 7. The Morgan fingerprint density at radius 3 is 3.11 bits per heavy atom. The number of unbranched alkanes of at least 4 members (excludes halogenated alkanes) is 2. The smallest absolute Gasteiger partial charge is 0.0986 e. The van der Waals surface area contributed by atoms with E-state index in [1.807, 2.05) is 23.3 Å². The minimum absolute atomic E-state index is 0.284. The molecule has 1 aromatic heterocycles. The molecule has 1 aliphatic rings. The maximum atomic E-state index is 4.04. The van der Waals surface area contributed by atoms with Crippen LogP contribution in [0, 0.1) is 0 Å². The monoisotopic (exact) mass is 265 g/mol. The fourth-order valence-corrected chi connectivity index (χ4v) is 3.65. The van der Waals surface area contributed by atoms with E-state index in [2.05, 4.69) is 41.3 Å². The van der Waals surface area contributed by atoms with Crippen LogP contribution in [0.3, 0.4) is 0 Å². The molecule has 0 bridgehead atoms. The van der Waals surface area contributed by atoms with E-state index in [9.17, 15) is 0 Å². The quantitative estimate of drug-likeness (QED) is 0.767. The van der Waals surface area contributed by atoms with Crippen molar-refractivity contribution in [3.63, 3.8) is 0 Å². The van der Waals surface area contributed by atoms with E-state index in [4.69, 9.17) is 0 Å². The number of aromatic nitrogens is 2. The zero-order valence-corrected chi connectivity index (χ0v) is 12.0. The Hall–Kier alpha value is -0.740. The largest absolute Gasteiger partial charge is 0.313 e. The lowest BCUT2D eigenvalue weighted by Crippen LogP contribution is -2.36. The molecule has 0 saturated carbocycles. The first-order valence-corrected chi connectivity index (χ1v) is 7.86. The second-order valence-corrected chi connectivity index (χ2v) is 6.30. The molecular weight excluding hydrogens is 242 g/mol. The van der Waals surface area contributed by atoms with Gasteiger partial charge in [-0.3, -0.25) is 0 Å². The highest BCUT2D eigenvalue weighted by Crippen LogP contribution is 2.36. The van der Waals surface area contributed by atoms with Crippen molar-refractivity contribution in [1.82, 2.24) is 14.9 Å². The van der Waals surface area contributed by atoms with Crippen molar-refractivity contribution in [1.29, 1.82) is 0 Å². The van der Waals surface area contributed by atoms with Crippen LogP contribution in [0.4, 0.5) is 0 Å². The zero-order valence-electron chi connectivity index (χ0n) is 11.1. The summed E-state index contributed by atoms with van der Waals surface area (Å²) in [5, 5.41) is 3.70.